The Bertz CT molecular complexity index is 807. The number of rotatable bonds is 1. The number of carbonyl (C=O) groups excluding carboxylic acids is 2. The first-order chi connectivity index (χ1) is 10.0. The molecule has 0 spiro atoms. The molecule has 102 valence electrons. The quantitative estimate of drug-likeness (QED) is 0.746. The third-order valence-corrected chi connectivity index (χ3v) is 3.80. The zero-order chi connectivity index (χ0) is 15.1. The molecule has 0 saturated carbocycles. The van der Waals surface area contributed by atoms with Crippen molar-refractivity contribution in [3.8, 4) is 6.07 Å². The lowest BCUT2D eigenvalue weighted by Gasteiger charge is -2.16. The first kappa shape index (κ1) is 13.5. The van der Waals surface area contributed by atoms with E-state index in [1.54, 1.807) is 30.3 Å². The average Bonchev–Trinajstić information content (AvgIpc) is 2.74. The van der Waals surface area contributed by atoms with Gasteiger partial charge in [-0.1, -0.05) is 12.1 Å². The lowest BCUT2D eigenvalue weighted by molar-refractivity contribution is 0.0926. The van der Waals surface area contributed by atoms with Gasteiger partial charge in [-0.15, -0.1) is 0 Å². The van der Waals surface area contributed by atoms with Gasteiger partial charge < -0.3 is 0 Å². The molecule has 2 aromatic rings. The summed E-state index contributed by atoms with van der Waals surface area (Å²) in [7, 11) is 0. The van der Waals surface area contributed by atoms with Crippen LogP contribution in [0.15, 0.2) is 40.9 Å². The van der Waals surface area contributed by atoms with Crippen molar-refractivity contribution < 1.29 is 14.0 Å². The molecule has 0 radical (unpaired) electrons. The molecule has 2 aromatic carbocycles. The fourth-order valence-electron chi connectivity index (χ4n) is 2.22. The van der Waals surface area contributed by atoms with Crippen LogP contribution in [0.25, 0.3) is 0 Å². The molecule has 0 unspecified atom stereocenters. The number of anilines is 1. The molecule has 21 heavy (non-hydrogen) atoms. The smallest absolute Gasteiger partial charge is 0.266 e. The second-order valence-electron chi connectivity index (χ2n) is 4.39. The van der Waals surface area contributed by atoms with E-state index in [9.17, 15) is 14.0 Å². The number of halogens is 2. The van der Waals surface area contributed by atoms with Crippen LogP contribution < -0.4 is 4.90 Å². The summed E-state index contributed by atoms with van der Waals surface area (Å²) in [6.07, 6.45) is 0. The molecular formula is C15H6BrFN2O2. The van der Waals surface area contributed by atoms with Gasteiger partial charge in [0.2, 0.25) is 0 Å². The fraction of sp³-hybridized carbons (Fsp3) is 0. The molecule has 0 atom stereocenters. The van der Waals surface area contributed by atoms with Crippen LogP contribution in [-0.2, 0) is 0 Å². The predicted octanol–water partition coefficient (Wildman–Crippen LogP) is 3.26. The van der Waals surface area contributed by atoms with Crippen LogP contribution in [0.4, 0.5) is 10.1 Å². The van der Waals surface area contributed by atoms with Gasteiger partial charge in [0.05, 0.1) is 26.9 Å². The lowest BCUT2D eigenvalue weighted by atomic mass is 10.1. The van der Waals surface area contributed by atoms with E-state index in [2.05, 4.69) is 15.9 Å². The Morgan fingerprint density at radius 2 is 1.67 bits per heavy atom. The van der Waals surface area contributed by atoms with E-state index in [0.29, 0.717) is 0 Å². The van der Waals surface area contributed by atoms with Crippen molar-refractivity contribution >= 4 is 33.4 Å². The number of amides is 2. The highest BCUT2D eigenvalue weighted by Crippen LogP contribution is 2.33. The molecular weight excluding hydrogens is 339 g/mol. The van der Waals surface area contributed by atoms with E-state index in [1.165, 1.54) is 6.07 Å². The van der Waals surface area contributed by atoms with E-state index in [1.807, 2.05) is 0 Å². The Hall–Kier alpha value is -2.52. The number of fused-ring (bicyclic) bond motifs is 1. The molecule has 0 saturated heterocycles. The van der Waals surface area contributed by atoms with Gasteiger partial charge in [0.15, 0.2) is 0 Å². The largest absolute Gasteiger partial charge is 0.268 e. The molecule has 6 heteroatoms. The Labute approximate surface area is 127 Å². The Balaban J connectivity index is 2.20. The third kappa shape index (κ3) is 1.94. The van der Waals surface area contributed by atoms with E-state index in [4.69, 9.17) is 5.26 Å². The SMILES string of the molecule is N#Cc1cc(F)c(Br)cc1N1C(=O)c2ccccc2C1=O. The molecule has 0 fully saturated rings. The van der Waals surface area contributed by atoms with Gasteiger partial charge in [-0.25, -0.2) is 9.29 Å². The molecule has 0 bridgehead atoms. The summed E-state index contributed by atoms with van der Waals surface area (Å²) in [6.45, 7) is 0. The standard InChI is InChI=1S/C15H6BrFN2O2/c16-11-6-13(8(7-18)5-12(11)17)19-14(20)9-3-1-2-4-10(9)15(19)21/h1-6H. The van der Waals surface area contributed by atoms with E-state index in [0.717, 1.165) is 11.0 Å². The minimum absolute atomic E-state index is 0.0666. The van der Waals surface area contributed by atoms with Crippen LogP contribution in [0.2, 0.25) is 0 Å². The summed E-state index contributed by atoms with van der Waals surface area (Å²) in [5, 5.41) is 9.10. The summed E-state index contributed by atoms with van der Waals surface area (Å²) in [6, 6.07) is 10.4. The van der Waals surface area contributed by atoms with Crippen molar-refractivity contribution in [1.29, 1.82) is 5.26 Å². The summed E-state index contributed by atoms with van der Waals surface area (Å²) in [5.41, 5.74) is 0.529. The van der Waals surface area contributed by atoms with Gasteiger partial charge in [0.25, 0.3) is 11.8 Å². The summed E-state index contributed by atoms with van der Waals surface area (Å²) in [5.74, 6) is -1.68. The summed E-state index contributed by atoms with van der Waals surface area (Å²) < 4.78 is 13.6. The summed E-state index contributed by atoms with van der Waals surface area (Å²) in [4.78, 5) is 25.6. The average molecular weight is 345 g/mol. The van der Waals surface area contributed by atoms with Gasteiger partial charge in [-0.2, -0.15) is 5.26 Å². The van der Waals surface area contributed by atoms with Crippen LogP contribution in [-0.4, -0.2) is 11.8 Å². The highest BCUT2D eigenvalue weighted by molar-refractivity contribution is 9.10. The van der Waals surface area contributed by atoms with Crippen molar-refractivity contribution in [3.63, 3.8) is 0 Å². The van der Waals surface area contributed by atoms with Crippen LogP contribution in [0.1, 0.15) is 26.3 Å². The normalized spacial score (nSPS) is 13.3. The molecule has 0 aliphatic carbocycles. The van der Waals surface area contributed by atoms with Crippen molar-refractivity contribution in [3.05, 3.63) is 63.4 Å². The van der Waals surface area contributed by atoms with Crippen LogP contribution >= 0.6 is 15.9 Å². The third-order valence-electron chi connectivity index (χ3n) is 3.19. The molecule has 0 N–H and O–H groups in total. The second kappa shape index (κ2) is 4.79. The Kier molecular flexibility index (Phi) is 3.07. The van der Waals surface area contributed by atoms with Gasteiger partial charge in [0, 0.05) is 0 Å². The van der Waals surface area contributed by atoms with Gasteiger partial charge in [0.1, 0.15) is 11.9 Å². The molecule has 1 aliphatic heterocycles. The van der Waals surface area contributed by atoms with Crippen molar-refractivity contribution in [2.24, 2.45) is 0 Å². The van der Waals surface area contributed by atoms with Crippen LogP contribution in [0.3, 0.4) is 0 Å². The van der Waals surface area contributed by atoms with Crippen molar-refractivity contribution in [1.82, 2.24) is 0 Å². The number of nitriles is 1. The fourth-order valence-corrected chi connectivity index (χ4v) is 2.55. The highest BCUT2D eigenvalue weighted by Gasteiger charge is 2.37. The van der Waals surface area contributed by atoms with E-state index < -0.39 is 17.6 Å². The maximum Gasteiger partial charge on any atom is 0.266 e. The second-order valence-corrected chi connectivity index (χ2v) is 5.24. The number of hydrogen-bond acceptors (Lipinski definition) is 3. The van der Waals surface area contributed by atoms with Crippen LogP contribution in [0, 0.1) is 17.1 Å². The molecule has 1 heterocycles. The topological polar surface area (TPSA) is 61.2 Å². The van der Waals surface area contributed by atoms with Gasteiger partial charge in [-0.3, -0.25) is 9.59 Å². The van der Waals surface area contributed by atoms with E-state index in [-0.39, 0.29) is 26.9 Å². The predicted molar refractivity (Wildman–Crippen MR) is 76.4 cm³/mol. The van der Waals surface area contributed by atoms with Crippen LogP contribution in [0.5, 0.6) is 0 Å². The lowest BCUT2D eigenvalue weighted by Crippen LogP contribution is -2.30. The monoisotopic (exact) mass is 344 g/mol. The molecule has 2 amide bonds. The first-order valence-electron chi connectivity index (χ1n) is 5.91. The number of hydrogen-bond donors (Lipinski definition) is 0. The Morgan fingerprint density at radius 3 is 2.19 bits per heavy atom. The molecule has 0 aromatic heterocycles. The molecule has 3 rings (SSSR count). The maximum atomic E-state index is 13.5. The number of carbonyl (C=O) groups is 2. The minimum Gasteiger partial charge on any atom is -0.268 e. The number of nitrogens with zero attached hydrogens (tertiary/aromatic N) is 2. The Morgan fingerprint density at radius 1 is 1.10 bits per heavy atom. The number of benzene rings is 2. The first-order valence-corrected chi connectivity index (χ1v) is 6.71. The highest BCUT2D eigenvalue weighted by atomic mass is 79.9. The zero-order valence-electron chi connectivity index (χ0n) is 10.4. The maximum absolute atomic E-state index is 13.5. The minimum atomic E-state index is -0.632. The molecule has 1 aliphatic rings. The molecule has 4 nitrogen and oxygen atoms in total. The van der Waals surface area contributed by atoms with Gasteiger partial charge in [-0.05, 0) is 40.2 Å². The van der Waals surface area contributed by atoms with E-state index >= 15 is 0 Å². The summed E-state index contributed by atoms with van der Waals surface area (Å²) >= 11 is 3.00. The number of imide groups is 1. The van der Waals surface area contributed by atoms with Crippen molar-refractivity contribution in [2.75, 3.05) is 4.90 Å². The van der Waals surface area contributed by atoms with Crippen molar-refractivity contribution in [2.45, 2.75) is 0 Å². The zero-order valence-corrected chi connectivity index (χ0v) is 12.0. The van der Waals surface area contributed by atoms with Gasteiger partial charge >= 0.3 is 0 Å².